The first-order valence-corrected chi connectivity index (χ1v) is 18.5. The second kappa shape index (κ2) is 14.2. The smallest absolute Gasteiger partial charge is 0.408 e. The Morgan fingerprint density at radius 2 is 1.50 bits per heavy atom. The van der Waals surface area contributed by atoms with Crippen LogP contribution in [0.1, 0.15) is 71.6 Å². The van der Waals surface area contributed by atoms with Gasteiger partial charge in [0.05, 0.1) is 56.7 Å². The Bertz CT molecular complexity index is 1990. The molecule has 2 aromatic heterocycles. The molecule has 286 valence electrons. The van der Waals surface area contributed by atoms with E-state index < -0.39 is 35.6 Å². The van der Waals surface area contributed by atoms with E-state index >= 15 is 0 Å². The van der Waals surface area contributed by atoms with Gasteiger partial charge in [0.2, 0.25) is 5.91 Å². The minimum Gasteiger partial charge on any atom is -0.465 e. The highest BCUT2D eigenvalue weighted by molar-refractivity contribution is 5.86. The van der Waals surface area contributed by atoms with Crippen molar-refractivity contribution in [2.45, 2.75) is 77.3 Å². The van der Waals surface area contributed by atoms with Crippen LogP contribution in [0.4, 0.5) is 9.59 Å². The van der Waals surface area contributed by atoms with Gasteiger partial charge in [0, 0.05) is 13.0 Å². The molecule has 3 saturated heterocycles. The lowest BCUT2D eigenvalue weighted by atomic mass is 9.71. The molecule has 3 aliphatic rings. The predicted octanol–water partition coefficient (Wildman–Crippen LogP) is 6.55. The third-order valence-corrected chi connectivity index (χ3v) is 11.2. The number of ether oxygens (including phenoxy) is 3. The van der Waals surface area contributed by atoms with E-state index in [-0.39, 0.29) is 23.8 Å². The molecule has 3 unspecified atom stereocenters. The molecule has 3 atom stereocenters. The molecular weight excluding hydrogens is 690 g/mol. The lowest BCUT2D eigenvalue weighted by Gasteiger charge is -2.45. The Morgan fingerprint density at radius 1 is 0.926 bits per heavy atom. The number of rotatable bonds is 8. The van der Waals surface area contributed by atoms with Crippen LogP contribution in [0.15, 0.2) is 60.9 Å². The van der Waals surface area contributed by atoms with E-state index in [1.54, 1.807) is 22.2 Å². The number of H-pyrrole nitrogens is 2. The molecule has 2 aromatic carbocycles. The number of hydrogen-bond acceptors (Lipinski definition) is 8. The molecule has 4 aromatic rings. The molecule has 3 fully saturated rings. The number of hydrogen-bond donors (Lipinski definition) is 4. The van der Waals surface area contributed by atoms with Gasteiger partial charge in [-0.05, 0) is 46.4 Å². The molecule has 3 aliphatic heterocycles. The second-order valence-electron chi connectivity index (χ2n) is 15.8. The number of carbonyl (C=O) groups excluding carboxylic acids is 2. The summed E-state index contributed by atoms with van der Waals surface area (Å²) in [5, 5.41) is 12.7. The van der Waals surface area contributed by atoms with Gasteiger partial charge in [-0.15, -0.1) is 0 Å². The summed E-state index contributed by atoms with van der Waals surface area (Å²) in [6.45, 7) is 11.5. The van der Waals surface area contributed by atoms with Crippen molar-refractivity contribution in [3.8, 4) is 33.6 Å². The van der Waals surface area contributed by atoms with Gasteiger partial charge in [-0.1, -0.05) is 83.1 Å². The maximum Gasteiger partial charge on any atom is 0.408 e. The van der Waals surface area contributed by atoms with E-state index in [0.717, 1.165) is 40.1 Å². The van der Waals surface area contributed by atoms with Crippen molar-refractivity contribution in [1.29, 1.82) is 0 Å². The van der Waals surface area contributed by atoms with E-state index in [2.05, 4.69) is 60.3 Å². The van der Waals surface area contributed by atoms with Gasteiger partial charge in [0.1, 0.15) is 23.2 Å². The van der Waals surface area contributed by atoms with Crippen LogP contribution in [0.2, 0.25) is 0 Å². The molecule has 1 spiro atoms. The van der Waals surface area contributed by atoms with Crippen LogP contribution < -0.4 is 5.32 Å². The number of likely N-dealkylation sites (tertiary alicyclic amines) is 2. The minimum atomic E-state index is -0.928. The van der Waals surface area contributed by atoms with Crippen molar-refractivity contribution in [3.63, 3.8) is 0 Å². The zero-order chi connectivity index (χ0) is 38.4. The molecule has 5 heterocycles. The fraction of sp³-hybridized carbons (Fsp3) is 0.475. The quantitative estimate of drug-likeness (QED) is 0.156. The number of alkyl carbamates (subject to hydrolysis) is 1. The maximum absolute atomic E-state index is 13.9. The van der Waals surface area contributed by atoms with Crippen molar-refractivity contribution in [2.75, 3.05) is 33.4 Å². The van der Waals surface area contributed by atoms with Gasteiger partial charge in [0.25, 0.3) is 0 Å². The molecular formula is C40H49N7O7. The van der Waals surface area contributed by atoms with E-state index in [1.807, 2.05) is 38.1 Å². The average molecular weight is 740 g/mol. The SMILES string of the molecule is COC(=O)NC(C(=O)N1CC2(CC1c1ncc(-c3ccc(-c4ccc(-c5cnc(C6(C(C)(C)C)CCCN6C(=O)O)[nH]5)cc4)cc3)[nH]1)OCCO2)C(C)C. The molecule has 0 bridgehead atoms. The molecule has 7 rings (SSSR count). The highest BCUT2D eigenvalue weighted by Gasteiger charge is 2.55. The fourth-order valence-electron chi connectivity index (χ4n) is 8.37. The minimum absolute atomic E-state index is 0.186. The van der Waals surface area contributed by atoms with E-state index in [9.17, 15) is 19.5 Å². The Kier molecular flexibility index (Phi) is 9.77. The van der Waals surface area contributed by atoms with Gasteiger partial charge >= 0.3 is 12.2 Å². The second-order valence-corrected chi connectivity index (χ2v) is 15.8. The number of methoxy groups -OCH3 is 1. The number of aromatic nitrogens is 4. The summed E-state index contributed by atoms with van der Waals surface area (Å²) in [7, 11) is 1.27. The highest BCUT2D eigenvalue weighted by atomic mass is 16.7. The lowest BCUT2D eigenvalue weighted by molar-refractivity contribution is -0.153. The van der Waals surface area contributed by atoms with Crippen LogP contribution in [0.3, 0.4) is 0 Å². The zero-order valence-corrected chi connectivity index (χ0v) is 31.6. The van der Waals surface area contributed by atoms with Crippen molar-refractivity contribution >= 4 is 18.1 Å². The Morgan fingerprint density at radius 3 is 2.06 bits per heavy atom. The number of amides is 3. The molecule has 4 N–H and O–H groups in total. The summed E-state index contributed by atoms with van der Waals surface area (Å²) >= 11 is 0. The Labute approximate surface area is 314 Å². The number of imidazole rings is 2. The zero-order valence-electron chi connectivity index (χ0n) is 31.6. The highest BCUT2D eigenvalue weighted by Crippen LogP contribution is 2.50. The van der Waals surface area contributed by atoms with Crippen LogP contribution in [0, 0.1) is 11.3 Å². The van der Waals surface area contributed by atoms with Crippen LogP contribution in [-0.4, -0.2) is 98.2 Å². The number of carboxylic acid groups (broad SMARTS) is 1. The number of aromatic amines is 2. The first-order valence-electron chi connectivity index (χ1n) is 18.5. The lowest BCUT2D eigenvalue weighted by Crippen LogP contribution is -2.53. The van der Waals surface area contributed by atoms with E-state index in [0.29, 0.717) is 44.2 Å². The third-order valence-electron chi connectivity index (χ3n) is 11.2. The molecule has 0 saturated carbocycles. The molecule has 0 aliphatic carbocycles. The molecule has 14 heteroatoms. The predicted molar refractivity (Wildman–Crippen MR) is 200 cm³/mol. The maximum atomic E-state index is 13.9. The standard InChI is InChI=1S/C40H49N7O7/c1-24(2)32(45-36(49)52-6)34(48)46-23-39(53-18-19-54-39)20-31(46)33-41-21-29(43-33)27-12-8-25(9-13-27)26-10-14-28(15-11-26)30-22-42-35(44-30)40(38(3,4)5)16-7-17-47(40)37(50)51/h8-15,21-22,24,31-32H,7,16-20,23H2,1-6H3,(H,41,43)(H,42,44)(H,45,49)(H,50,51). The van der Waals surface area contributed by atoms with Crippen molar-refractivity contribution < 1.29 is 33.7 Å². The van der Waals surface area contributed by atoms with Crippen molar-refractivity contribution in [3.05, 3.63) is 72.6 Å². The number of nitrogens with one attached hydrogen (secondary N) is 3. The molecule has 54 heavy (non-hydrogen) atoms. The average Bonchev–Trinajstić information content (AvgIpc) is 4.00. The summed E-state index contributed by atoms with van der Waals surface area (Å²) < 4.78 is 16.8. The van der Waals surface area contributed by atoms with Crippen molar-refractivity contribution in [2.24, 2.45) is 11.3 Å². The summed E-state index contributed by atoms with van der Waals surface area (Å²) in [5.74, 6) is -0.0929. The summed E-state index contributed by atoms with van der Waals surface area (Å²) in [5.41, 5.74) is 4.51. The van der Waals surface area contributed by atoms with Gasteiger partial charge in [-0.25, -0.2) is 19.6 Å². The molecule has 14 nitrogen and oxygen atoms in total. The number of nitrogens with zero attached hydrogens (tertiary/aromatic N) is 4. The number of carbonyl (C=O) groups is 3. The van der Waals surface area contributed by atoms with Crippen LogP contribution >= 0.6 is 0 Å². The Balaban J connectivity index is 1.08. The van der Waals surface area contributed by atoms with Crippen LogP contribution in [0.25, 0.3) is 33.6 Å². The van der Waals surface area contributed by atoms with Crippen molar-refractivity contribution in [1.82, 2.24) is 35.1 Å². The molecule has 3 amide bonds. The summed E-state index contributed by atoms with van der Waals surface area (Å²) in [6, 6.07) is 15.1. The normalized spacial score (nSPS) is 21.6. The first kappa shape index (κ1) is 37.1. The fourth-order valence-corrected chi connectivity index (χ4v) is 8.37. The van der Waals surface area contributed by atoms with Crippen LogP contribution in [-0.2, 0) is 24.5 Å². The third kappa shape index (κ3) is 6.61. The monoisotopic (exact) mass is 739 g/mol. The van der Waals surface area contributed by atoms with Gasteiger partial charge in [0.15, 0.2) is 5.79 Å². The number of benzene rings is 2. The summed E-state index contributed by atoms with van der Waals surface area (Å²) in [4.78, 5) is 57.9. The van der Waals surface area contributed by atoms with Crippen LogP contribution in [0.5, 0.6) is 0 Å². The Hall–Kier alpha value is -5.21. The van der Waals surface area contributed by atoms with E-state index in [1.165, 1.54) is 7.11 Å². The van der Waals surface area contributed by atoms with E-state index in [4.69, 9.17) is 24.2 Å². The molecule has 0 radical (unpaired) electrons. The van der Waals surface area contributed by atoms with Gasteiger partial charge in [-0.3, -0.25) is 9.69 Å². The largest absolute Gasteiger partial charge is 0.465 e. The summed E-state index contributed by atoms with van der Waals surface area (Å²) in [6.07, 6.45) is 3.86. The topological polar surface area (TPSA) is 175 Å². The first-order chi connectivity index (χ1) is 25.7. The van der Waals surface area contributed by atoms with Gasteiger partial charge in [-0.2, -0.15) is 0 Å². The van der Waals surface area contributed by atoms with Gasteiger partial charge < -0.3 is 39.5 Å².